The molecule has 0 bridgehead atoms. The van der Waals surface area contributed by atoms with Crippen molar-refractivity contribution >= 4 is 29.4 Å². The first-order chi connectivity index (χ1) is 13.5. The summed E-state index contributed by atoms with van der Waals surface area (Å²) in [6.07, 6.45) is 0. The first kappa shape index (κ1) is 20.1. The average molecular weight is 400 g/mol. The molecule has 7 heteroatoms. The second kappa shape index (κ2) is 9.01. The van der Waals surface area contributed by atoms with Crippen LogP contribution in [0.15, 0.2) is 53.4 Å². The van der Waals surface area contributed by atoms with Crippen LogP contribution >= 0.6 is 11.8 Å². The van der Waals surface area contributed by atoms with Crippen molar-refractivity contribution in [3.05, 3.63) is 65.5 Å². The van der Waals surface area contributed by atoms with Gasteiger partial charge in [-0.05, 0) is 31.2 Å². The minimum Gasteiger partial charge on any atom is -0.338 e. The van der Waals surface area contributed by atoms with Gasteiger partial charge in [-0.1, -0.05) is 24.3 Å². The number of hydrogen-bond acceptors (Lipinski definition) is 4. The van der Waals surface area contributed by atoms with Gasteiger partial charge in [-0.25, -0.2) is 4.39 Å². The summed E-state index contributed by atoms with van der Waals surface area (Å²) in [4.78, 5) is 40.0. The number of hydrogen-bond donors (Lipinski definition) is 0. The molecule has 1 saturated heterocycles. The van der Waals surface area contributed by atoms with Crippen molar-refractivity contribution in [3.8, 4) is 0 Å². The van der Waals surface area contributed by atoms with Crippen molar-refractivity contribution in [2.45, 2.75) is 11.8 Å². The highest BCUT2D eigenvalue weighted by molar-refractivity contribution is 8.00. The summed E-state index contributed by atoms with van der Waals surface area (Å²) in [7, 11) is 0. The van der Waals surface area contributed by atoms with Gasteiger partial charge < -0.3 is 9.80 Å². The maximum absolute atomic E-state index is 14.1. The van der Waals surface area contributed by atoms with E-state index in [-0.39, 0.29) is 23.4 Å². The van der Waals surface area contributed by atoms with E-state index in [0.717, 1.165) is 11.8 Å². The van der Waals surface area contributed by atoms with Crippen LogP contribution < -0.4 is 0 Å². The predicted octanol–water partition coefficient (Wildman–Crippen LogP) is 3.11. The second-order valence-corrected chi connectivity index (χ2v) is 7.55. The zero-order chi connectivity index (χ0) is 20.1. The van der Waals surface area contributed by atoms with Gasteiger partial charge in [-0.2, -0.15) is 0 Å². The topological polar surface area (TPSA) is 57.7 Å². The van der Waals surface area contributed by atoms with E-state index < -0.39 is 5.82 Å². The number of rotatable bonds is 5. The van der Waals surface area contributed by atoms with Crippen molar-refractivity contribution in [3.63, 3.8) is 0 Å². The quantitative estimate of drug-likeness (QED) is 0.572. The molecule has 0 saturated carbocycles. The third kappa shape index (κ3) is 4.78. The van der Waals surface area contributed by atoms with Gasteiger partial charge in [-0.15, -0.1) is 11.8 Å². The van der Waals surface area contributed by atoms with Crippen molar-refractivity contribution in [2.24, 2.45) is 0 Å². The highest BCUT2D eigenvalue weighted by atomic mass is 32.2. The van der Waals surface area contributed by atoms with Gasteiger partial charge >= 0.3 is 0 Å². The monoisotopic (exact) mass is 400 g/mol. The van der Waals surface area contributed by atoms with Gasteiger partial charge in [0.2, 0.25) is 5.91 Å². The van der Waals surface area contributed by atoms with Crippen LogP contribution in [0.3, 0.4) is 0 Å². The van der Waals surface area contributed by atoms with Gasteiger partial charge in [-0.3, -0.25) is 14.4 Å². The molecule has 146 valence electrons. The normalized spacial score (nSPS) is 14.1. The highest BCUT2D eigenvalue weighted by Gasteiger charge is 2.25. The number of ketones is 1. The Hall–Kier alpha value is -2.67. The molecule has 0 spiro atoms. The number of thioether (sulfide) groups is 1. The minimum atomic E-state index is -0.497. The molecule has 0 aliphatic carbocycles. The number of piperazine rings is 1. The molecule has 0 atom stereocenters. The highest BCUT2D eigenvalue weighted by Crippen LogP contribution is 2.23. The Kier molecular flexibility index (Phi) is 6.46. The molecule has 2 aromatic carbocycles. The zero-order valence-electron chi connectivity index (χ0n) is 15.6. The predicted molar refractivity (Wildman–Crippen MR) is 106 cm³/mol. The fourth-order valence-corrected chi connectivity index (χ4v) is 3.81. The van der Waals surface area contributed by atoms with Crippen LogP contribution in [0.1, 0.15) is 27.6 Å². The van der Waals surface area contributed by atoms with E-state index in [1.807, 2.05) is 18.2 Å². The summed E-state index contributed by atoms with van der Waals surface area (Å²) in [5.74, 6) is -0.706. The van der Waals surface area contributed by atoms with Crippen LogP contribution in [0.5, 0.6) is 0 Å². The third-order valence-electron chi connectivity index (χ3n) is 4.63. The van der Waals surface area contributed by atoms with Crippen LogP contribution in [0.2, 0.25) is 0 Å². The molecule has 2 aromatic rings. The fourth-order valence-electron chi connectivity index (χ4n) is 2.99. The van der Waals surface area contributed by atoms with E-state index in [0.29, 0.717) is 42.2 Å². The molecule has 0 unspecified atom stereocenters. The molecule has 5 nitrogen and oxygen atoms in total. The maximum Gasteiger partial charge on any atom is 0.253 e. The van der Waals surface area contributed by atoms with Gasteiger partial charge in [0.1, 0.15) is 5.82 Å². The minimum absolute atomic E-state index is 0.0327. The van der Waals surface area contributed by atoms with E-state index in [4.69, 9.17) is 0 Å². The Morgan fingerprint density at radius 1 is 0.929 bits per heavy atom. The Morgan fingerprint density at radius 3 is 2.18 bits per heavy atom. The van der Waals surface area contributed by atoms with Crippen molar-refractivity contribution in [2.75, 3.05) is 31.9 Å². The molecule has 1 fully saturated rings. The van der Waals surface area contributed by atoms with E-state index in [9.17, 15) is 18.8 Å². The SMILES string of the molecule is CC(=O)c1ccc(SCC(=O)N2CCN(C(=O)c3ccccc3)CC2)c(F)c1. The molecule has 28 heavy (non-hydrogen) atoms. The summed E-state index contributed by atoms with van der Waals surface area (Å²) in [6, 6.07) is 13.4. The second-order valence-electron chi connectivity index (χ2n) is 6.53. The number of carbonyl (C=O) groups excluding carboxylic acids is 3. The fraction of sp³-hybridized carbons (Fsp3) is 0.286. The standard InChI is InChI=1S/C21H21FN2O3S/c1-15(25)17-7-8-19(18(22)13-17)28-14-20(26)23-9-11-24(12-10-23)21(27)16-5-3-2-4-6-16/h2-8,13H,9-12,14H2,1H3. The molecule has 1 aliphatic rings. The van der Waals surface area contributed by atoms with Crippen LogP contribution in [-0.4, -0.2) is 59.3 Å². The Bertz CT molecular complexity index is 880. The van der Waals surface area contributed by atoms with Gasteiger partial charge in [0.05, 0.1) is 5.75 Å². The largest absolute Gasteiger partial charge is 0.338 e. The van der Waals surface area contributed by atoms with Gasteiger partial charge in [0.15, 0.2) is 5.78 Å². The summed E-state index contributed by atoms with van der Waals surface area (Å²) in [5.41, 5.74) is 0.953. The Balaban J connectivity index is 1.50. The molecular weight excluding hydrogens is 379 g/mol. The summed E-state index contributed by atoms with van der Waals surface area (Å²) in [6.45, 7) is 3.26. The third-order valence-corrected chi connectivity index (χ3v) is 5.66. The van der Waals surface area contributed by atoms with Crippen LogP contribution in [0.4, 0.5) is 4.39 Å². The molecule has 2 amide bonds. The lowest BCUT2D eigenvalue weighted by Crippen LogP contribution is -2.51. The lowest BCUT2D eigenvalue weighted by Gasteiger charge is -2.34. The molecular formula is C21H21FN2O3S. The number of carbonyl (C=O) groups is 3. The van der Waals surface area contributed by atoms with Crippen molar-refractivity contribution in [1.29, 1.82) is 0 Å². The first-order valence-electron chi connectivity index (χ1n) is 9.01. The average Bonchev–Trinajstić information content (AvgIpc) is 2.72. The van der Waals surface area contributed by atoms with Gasteiger partial charge in [0, 0.05) is 42.2 Å². The van der Waals surface area contributed by atoms with Crippen LogP contribution in [0.25, 0.3) is 0 Å². The van der Waals surface area contributed by atoms with Crippen molar-refractivity contribution in [1.82, 2.24) is 9.80 Å². The number of nitrogens with zero attached hydrogens (tertiary/aromatic N) is 2. The van der Waals surface area contributed by atoms with Crippen LogP contribution in [-0.2, 0) is 4.79 Å². The smallest absolute Gasteiger partial charge is 0.253 e. The lowest BCUT2D eigenvalue weighted by atomic mass is 10.1. The number of benzene rings is 2. The first-order valence-corrected chi connectivity index (χ1v) is 9.99. The zero-order valence-corrected chi connectivity index (χ0v) is 16.4. The maximum atomic E-state index is 14.1. The molecule has 1 aliphatic heterocycles. The molecule has 0 radical (unpaired) electrons. The Morgan fingerprint density at radius 2 is 1.57 bits per heavy atom. The molecule has 0 aromatic heterocycles. The molecule has 3 rings (SSSR count). The van der Waals surface area contributed by atoms with Crippen molar-refractivity contribution < 1.29 is 18.8 Å². The number of Topliss-reactive ketones (excluding diaryl/α,β-unsaturated/α-hetero) is 1. The lowest BCUT2D eigenvalue weighted by molar-refractivity contribution is -0.129. The number of amides is 2. The summed E-state index contributed by atoms with van der Waals surface area (Å²) in [5, 5.41) is 0. The van der Waals surface area contributed by atoms with E-state index in [1.165, 1.54) is 19.1 Å². The summed E-state index contributed by atoms with van der Waals surface area (Å²) < 4.78 is 14.1. The van der Waals surface area contributed by atoms with Gasteiger partial charge in [0.25, 0.3) is 5.91 Å². The molecule has 0 N–H and O–H groups in total. The summed E-state index contributed by atoms with van der Waals surface area (Å²) >= 11 is 1.12. The Labute approximate surface area is 167 Å². The number of halogens is 1. The van der Waals surface area contributed by atoms with E-state index in [1.54, 1.807) is 28.0 Å². The van der Waals surface area contributed by atoms with Crippen LogP contribution in [0, 0.1) is 5.82 Å². The molecule has 1 heterocycles. The van der Waals surface area contributed by atoms with E-state index >= 15 is 0 Å². The van der Waals surface area contributed by atoms with E-state index in [2.05, 4.69) is 0 Å².